The Labute approximate surface area is 115 Å². The predicted octanol–water partition coefficient (Wildman–Crippen LogP) is 4.50. The van der Waals surface area contributed by atoms with E-state index in [0.717, 1.165) is 0 Å². The van der Waals surface area contributed by atoms with E-state index in [-0.39, 0.29) is 11.6 Å². The third-order valence-electron chi connectivity index (χ3n) is 2.89. The van der Waals surface area contributed by atoms with Gasteiger partial charge < -0.3 is 4.74 Å². The topological polar surface area (TPSA) is 9.23 Å². The second-order valence-electron chi connectivity index (χ2n) is 4.16. The highest BCUT2D eigenvalue weighted by molar-refractivity contribution is 6.20. The van der Waals surface area contributed by atoms with E-state index in [1.807, 2.05) is 0 Å². The maximum atomic E-state index is 13.5. The Kier molecular flexibility index (Phi) is 4.38. The van der Waals surface area contributed by atoms with Crippen molar-refractivity contribution in [1.82, 2.24) is 0 Å². The molecule has 4 heteroatoms. The smallest absolute Gasteiger partial charge is 0.165 e. The molecule has 19 heavy (non-hydrogen) atoms. The molecule has 2 aromatic rings. The molecule has 0 radical (unpaired) electrons. The lowest BCUT2D eigenvalue weighted by molar-refractivity contribution is 0.386. The minimum absolute atomic E-state index is 0.136. The van der Waals surface area contributed by atoms with Crippen LogP contribution in [0.5, 0.6) is 5.75 Å². The van der Waals surface area contributed by atoms with Gasteiger partial charge in [-0.05, 0) is 35.7 Å². The lowest BCUT2D eigenvalue weighted by atomic mass is 10.0. The summed E-state index contributed by atoms with van der Waals surface area (Å²) in [7, 11) is 1.39. The molecule has 0 aliphatic rings. The Morgan fingerprint density at radius 2 is 1.84 bits per heavy atom. The van der Waals surface area contributed by atoms with Crippen LogP contribution in [0.15, 0.2) is 42.5 Å². The van der Waals surface area contributed by atoms with Gasteiger partial charge in [-0.25, -0.2) is 8.78 Å². The standard InChI is InChI=1S/C15H13ClF2O/c1-19-15-9-10(6-7-14(15)18)12(16)8-11-4-2-3-5-13(11)17/h2-7,9,12H,8H2,1H3. The molecule has 0 saturated carbocycles. The summed E-state index contributed by atoms with van der Waals surface area (Å²) < 4.78 is 31.7. The van der Waals surface area contributed by atoms with Crippen LogP contribution in [-0.2, 0) is 6.42 Å². The molecule has 0 saturated heterocycles. The van der Waals surface area contributed by atoms with Crippen LogP contribution >= 0.6 is 11.6 Å². The molecule has 0 amide bonds. The first-order valence-electron chi connectivity index (χ1n) is 5.82. The van der Waals surface area contributed by atoms with Crippen molar-refractivity contribution in [2.75, 3.05) is 7.11 Å². The van der Waals surface area contributed by atoms with Crippen LogP contribution < -0.4 is 4.74 Å². The van der Waals surface area contributed by atoms with E-state index < -0.39 is 11.2 Å². The highest BCUT2D eigenvalue weighted by Gasteiger charge is 2.14. The van der Waals surface area contributed by atoms with Gasteiger partial charge in [0.25, 0.3) is 0 Å². The zero-order valence-electron chi connectivity index (χ0n) is 10.4. The fourth-order valence-corrected chi connectivity index (χ4v) is 2.15. The van der Waals surface area contributed by atoms with Crippen molar-refractivity contribution in [2.24, 2.45) is 0 Å². The van der Waals surface area contributed by atoms with Crippen molar-refractivity contribution in [3.63, 3.8) is 0 Å². The molecule has 2 aromatic carbocycles. The molecule has 0 spiro atoms. The average Bonchev–Trinajstić information content (AvgIpc) is 2.42. The molecule has 0 bridgehead atoms. The third kappa shape index (κ3) is 3.24. The molecule has 100 valence electrons. The lowest BCUT2D eigenvalue weighted by Gasteiger charge is -2.12. The summed E-state index contributed by atoms with van der Waals surface area (Å²) in [6.07, 6.45) is 0.336. The Bertz CT molecular complexity index is 572. The van der Waals surface area contributed by atoms with Crippen LogP contribution in [0.2, 0.25) is 0 Å². The minimum Gasteiger partial charge on any atom is -0.494 e. The Morgan fingerprint density at radius 1 is 1.11 bits per heavy atom. The van der Waals surface area contributed by atoms with Crippen molar-refractivity contribution in [3.05, 3.63) is 65.2 Å². The number of methoxy groups -OCH3 is 1. The summed E-state index contributed by atoms with van der Waals surface area (Å²) in [4.78, 5) is 0. The van der Waals surface area contributed by atoms with E-state index in [9.17, 15) is 8.78 Å². The van der Waals surface area contributed by atoms with Crippen molar-refractivity contribution in [3.8, 4) is 5.75 Å². The summed E-state index contributed by atoms with van der Waals surface area (Å²) in [5, 5.41) is -0.439. The van der Waals surface area contributed by atoms with Gasteiger partial charge in [-0.15, -0.1) is 11.6 Å². The van der Waals surface area contributed by atoms with Crippen LogP contribution in [0.1, 0.15) is 16.5 Å². The van der Waals surface area contributed by atoms with Crippen molar-refractivity contribution in [1.29, 1.82) is 0 Å². The van der Waals surface area contributed by atoms with Gasteiger partial charge in [0, 0.05) is 0 Å². The number of benzene rings is 2. The van der Waals surface area contributed by atoms with Crippen LogP contribution in [0.25, 0.3) is 0 Å². The van der Waals surface area contributed by atoms with E-state index in [4.69, 9.17) is 16.3 Å². The SMILES string of the molecule is COc1cc(C(Cl)Cc2ccccc2F)ccc1F. The first-order valence-corrected chi connectivity index (χ1v) is 6.26. The van der Waals surface area contributed by atoms with Crippen LogP contribution in [0.3, 0.4) is 0 Å². The highest BCUT2D eigenvalue weighted by atomic mass is 35.5. The molecule has 2 rings (SSSR count). The summed E-state index contributed by atoms with van der Waals surface area (Å²) in [6, 6.07) is 10.9. The molecule has 1 unspecified atom stereocenters. The second kappa shape index (κ2) is 6.02. The van der Waals surface area contributed by atoms with Crippen LogP contribution in [0.4, 0.5) is 8.78 Å². The summed E-state index contributed by atoms with van der Waals surface area (Å²) in [5.41, 5.74) is 1.23. The first-order chi connectivity index (χ1) is 9.11. The molecular formula is C15H13ClF2O. The van der Waals surface area contributed by atoms with Crippen LogP contribution in [0, 0.1) is 11.6 Å². The minimum atomic E-state index is -0.444. The second-order valence-corrected chi connectivity index (χ2v) is 4.68. The molecule has 0 aliphatic carbocycles. The molecule has 0 aromatic heterocycles. The Balaban J connectivity index is 2.20. The average molecular weight is 283 g/mol. The van der Waals surface area contributed by atoms with E-state index in [1.165, 1.54) is 25.3 Å². The van der Waals surface area contributed by atoms with Gasteiger partial charge in [0.05, 0.1) is 12.5 Å². The van der Waals surface area contributed by atoms with E-state index in [2.05, 4.69) is 0 Å². The monoisotopic (exact) mass is 282 g/mol. The summed E-state index contributed by atoms with van der Waals surface area (Å²) >= 11 is 6.25. The van der Waals surface area contributed by atoms with Gasteiger partial charge in [0.2, 0.25) is 0 Å². The third-order valence-corrected chi connectivity index (χ3v) is 3.30. The lowest BCUT2D eigenvalue weighted by Crippen LogP contribution is -1.99. The molecule has 1 nitrogen and oxygen atoms in total. The van der Waals surface area contributed by atoms with E-state index in [1.54, 1.807) is 24.3 Å². The van der Waals surface area contributed by atoms with Gasteiger partial charge in [0.1, 0.15) is 5.82 Å². The van der Waals surface area contributed by atoms with Crippen LogP contribution in [-0.4, -0.2) is 7.11 Å². The van der Waals surface area contributed by atoms with Gasteiger partial charge in [-0.3, -0.25) is 0 Å². The number of hydrogen-bond acceptors (Lipinski definition) is 1. The molecule has 0 fully saturated rings. The van der Waals surface area contributed by atoms with Gasteiger partial charge in [-0.2, -0.15) is 0 Å². The quantitative estimate of drug-likeness (QED) is 0.751. The van der Waals surface area contributed by atoms with Gasteiger partial charge in [0.15, 0.2) is 11.6 Å². The number of hydrogen-bond donors (Lipinski definition) is 0. The number of halogens is 3. The van der Waals surface area contributed by atoms with Gasteiger partial charge in [-0.1, -0.05) is 24.3 Å². The summed E-state index contributed by atoms with van der Waals surface area (Å²) in [5.74, 6) is -0.597. The first kappa shape index (κ1) is 13.8. The number of ether oxygens (including phenoxy) is 1. The molecule has 0 heterocycles. The fourth-order valence-electron chi connectivity index (χ4n) is 1.85. The zero-order valence-corrected chi connectivity index (χ0v) is 11.1. The molecular weight excluding hydrogens is 270 g/mol. The predicted molar refractivity (Wildman–Crippen MR) is 71.7 cm³/mol. The fraction of sp³-hybridized carbons (Fsp3) is 0.200. The molecule has 1 atom stereocenters. The zero-order chi connectivity index (χ0) is 13.8. The molecule has 0 N–H and O–H groups in total. The van der Waals surface area contributed by atoms with E-state index >= 15 is 0 Å². The normalized spacial score (nSPS) is 12.2. The number of alkyl halides is 1. The largest absolute Gasteiger partial charge is 0.494 e. The maximum Gasteiger partial charge on any atom is 0.165 e. The van der Waals surface area contributed by atoms with Crippen molar-refractivity contribution >= 4 is 11.6 Å². The summed E-state index contributed by atoms with van der Waals surface area (Å²) in [6.45, 7) is 0. The van der Waals surface area contributed by atoms with Crippen molar-refractivity contribution in [2.45, 2.75) is 11.8 Å². The Morgan fingerprint density at radius 3 is 2.53 bits per heavy atom. The maximum absolute atomic E-state index is 13.5. The molecule has 0 aliphatic heterocycles. The number of rotatable bonds is 4. The Hall–Kier alpha value is -1.61. The van der Waals surface area contributed by atoms with Crippen molar-refractivity contribution < 1.29 is 13.5 Å². The van der Waals surface area contributed by atoms with E-state index in [0.29, 0.717) is 17.5 Å². The van der Waals surface area contributed by atoms with Gasteiger partial charge >= 0.3 is 0 Å². The highest BCUT2D eigenvalue weighted by Crippen LogP contribution is 2.29.